The highest BCUT2D eigenvalue weighted by molar-refractivity contribution is 9.10. The molecule has 3 aromatic rings. The Hall–Kier alpha value is -2.07. The van der Waals surface area contributed by atoms with Crippen LogP contribution in [0.5, 0.6) is 0 Å². The number of halogens is 1. The number of aromatic nitrogens is 2. The summed E-state index contributed by atoms with van der Waals surface area (Å²) in [6, 6.07) is 12.2. The van der Waals surface area contributed by atoms with Crippen LogP contribution in [0, 0.1) is 13.8 Å². The van der Waals surface area contributed by atoms with E-state index >= 15 is 0 Å². The summed E-state index contributed by atoms with van der Waals surface area (Å²) in [7, 11) is 0. The van der Waals surface area contributed by atoms with Crippen LogP contribution in [0.25, 0.3) is 16.7 Å². The molecule has 0 aliphatic carbocycles. The van der Waals surface area contributed by atoms with E-state index in [1.54, 1.807) is 4.57 Å². The van der Waals surface area contributed by atoms with Gasteiger partial charge in [0.2, 0.25) is 0 Å². The lowest BCUT2D eigenvalue weighted by Crippen LogP contribution is -2.23. The van der Waals surface area contributed by atoms with E-state index in [9.17, 15) is 4.79 Å². The van der Waals surface area contributed by atoms with Crippen LogP contribution in [0.2, 0.25) is 0 Å². The molecule has 3 nitrogen and oxygen atoms in total. The largest absolute Gasteiger partial charge is 0.333 e. The van der Waals surface area contributed by atoms with Crippen molar-refractivity contribution in [1.29, 1.82) is 0 Å². The molecule has 0 spiro atoms. The fraction of sp³-hybridized carbons (Fsp3) is 0.211. The van der Waals surface area contributed by atoms with E-state index in [1.165, 1.54) is 11.1 Å². The number of hydrogen-bond donors (Lipinski definition) is 0. The Kier molecular flexibility index (Phi) is 4.02. The molecule has 0 saturated carbocycles. The van der Waals surface area contributed by atoms with Gasteiger partial charge >= 0.3 is 5.69 Å². The summed E-state index contributed by atoms with van der Waals surface area (Å²) < 4.78 is 4.55. The number of benzene rings is 2. The minimum absolute atomic E-state index is 0.0413. The molecule has 0 fully saturated rings. The molecule has 2 aromatic carbocycles. The Morgan fingerprint density at radius 3 is 2.22 bits per heavy atom. The van der Waals surface area contributed by atoms with E-state index < -0.39 is 0 Å². The lowest BCUT2D eigenvalue weighted by molar-refractivity contribution is 0.766. The maximum atomic E-state index is 12.9. The predicted molar refractivity (Wildman–Crippen MR) is 99.9 cm³/mol. The van der Waals surface area contributed by atoms with Crippen LogP contribution in [0.1, 0.15) is 23.6 Å². The predicted octanol–water partition coefficient (Wildman–Crippen LogP) is 4.72. The van der Waals surface area contributed by atoms with Gasteiger partial charge in [0.1, 0.15) is 0 Å². The second-order valence-electron chi connectivity index (χ2n) is 5.99. The van der Waals surface area contributed by atoms with Crippen molar-refractivity contribution in [2.75, 3.05) is 0 Å². The fourth-order valence-corrected chi connectivity index (χ4v) is 3.07. The molecule has 4 heteroatoms. The Bertz CT molecular complexity index is 962. The number of aryl methyl sites for hydroxylation is 2. The average molecular weight is 371 g/mol. The molecule has 0 radical (unpaired) electrons. The second-order valence-corrected chi connectivity index (χ2v) is 6.91. The van der Waals surface area contributed by atoms with Gasteiger partial charge in [-0.25, -0.2) is 4.79 Å². The third kappa shape index (κ3) is 2.79. The van der Waals surface area contributed by atoms with Gasteiger partial charge in [-0.15, -0.1) is 0 Å². The van der Waals surface area contributed by atoms with Crippen molar-refractivity contribution in [2.24, 2.45) is 0 Å². The zero-order valence-corrected chi connectivity index (χ0v) is 15.1. The van der Waals surface area contributed by atoms with Crippen LogP contribution in [0.3, 0.4) is 0 Å². The first-order valence-electron chi connectivity index (χ1n) is 7.51. The van der Waals surface area contributed by atoms with Gasteiger partial charge in [0, 0.05) is 10.2 Å². The molecule has 0 amide bonds. The summed E-state index contributed by atoms with van der Waals surface area (Å²) in [6.45, 7) is 10.5. The molecule has 0 aliphatic rings. The number of fused-ring (bicyclic) bond motifs is 1. The van der Waals surface area contributed by atoms with E-state index in [0.29, 0.717) is 6.54 Å². The van der Waals surface area contributed by atoms with Crippen LogP contribution in [-0.2, 0) is 6.54 Å². The molecule has 1 aromatic heterocycles. The molecule has 23 heavy (non-hydrogen) atoms. The molecule has 118 valence electrons. The highest BCUT2D eigenvalue weighted by Crippen LogP contribution is 2.22. The fourth-order valence-electron chi connectivity index (χ4n) is 2.80. The normalized spacial score (nSPS) is 11.1. The van der Waals surface area contributed by atoms with E-state index in [0.717, 1.165) is 26.8 Å². The van der Waals surface area contributed by atoms with E-state index in [4.69, 9.17) is 0 Å². The van der Waals surface area contributed by atoms with Crippen LogP contribution >= 0.6 is 15.9 Å². The van der Waals surface area contributed by atoms with Crippen molar-refractivity contribution < 1.29 is 0 Å². The van der Waals surface area contributed by atoms with Gasteiger partial charge in [-0.1, -0.05) is 34.6 Å². The Balaban J connectivity index is 2.25. The summed E-state index contributed by atoms with van der Waals surface area (Å²) >= 11 is 3.44. The maximum absolute atomic E-state index is 12.9. The molecule has 0 N–H and O–H groups in total. The van der Waals surface area contributed by atoms with Crippen LogP contribution < -0.4 is 5.69 Å². The highest BCUT2D eigenvalue weighted by Gasteiger charge is 2.15. The average Bonchev–Trinajstić information content (AvgIpc) is 2.74. The van der Waals surface area contributed by atoms with Gasteiger partial charge in [-0.05, 0) is 61.7 Å². The van der Waals surface area contributed by atoms with Gasteiger partial charge in [0.15, 0.2) is 0 Å². The third-order valence-corrected chi connectivity index (χ3v) is 4.71. The van der Waals surface area contributed by atoms with E-state index in [-0.39, 0.29) is 5.69 Å². The SMILES string of the molecule is C=C(C)n1c(=O)n(Cc2ccc(Br)cc2)c2cc(C)c(C)cc21. The molecule has 1 heterocycles. The number of hydrogen-bond acceptors (Lipinski definition) is 1. The standard InChI is InChI=1S/C19H19BrN2O/c1-12(2)22-18-10-14(4)13(3)9-17(18)21(19(22)23)11-15-5-7-16(20)8-6-15/h5-10H,1,11H2,2-4H3. The summed E-state index contributed by atoms with van der Waals surface area (Å²) in [6.07, 6.45) is 0. The molecule has 0 bridgehead atoms. The quantitative estimate of drug-likeness (QED) is 0.654. The minimum atomic E-state index is -0.0413. The zero-order chi connectivity index (χ0) is 16.7. The van der Waals surface area contributed by atoms with Gasteiger partial charge in [-0.3, -0.25) is 9.13 Å². The second kappa shape index (κ2) is 5.85. The molecule has 0 aliphatic heterocycles. The van der Waals surface area contributed by atoms with Crippen LogP contribution in [-0.4, -0.2) is 9.13 Å². The van der Waals surface area contributed by atoms with Crippen molar-refractivity contribution in [3.63, 3.8) is 0 Å². The van der Waals surface area contributed by atoms with E-state index in [2.05, 4.69) is 48.5 Å². The van der Waals surface area contributed by atoms with Gasteiger partial charge < -0.3 is 0 Å². The van der Waals surface area contributed by atoms with Gasteiger partial charge in [-0.2, -0.15) is 0 Å². The van der Waals surface area contributed by atoms with Crippen molar-refractivity contribution in [1.82, 2.24) is 9.13 Å². The summed E-state index contributed by atoms with van der Waals surface area (Å²) in [5.74, 6) is 0. The molecular formula is C19H19BrN2O. The van der Waals surface area contributed by atoms with E-state index in [1.807, 2.05) is 35.8 Å². The first-order valence-corrected chi connectivity index (χ1v) is 8.30. The Morgan fingerprint density at radius 2 is 1.65 bits per heavy atom. The number of imidazole rings is 1. The lowest BCUT2D eigenvalue weighted by atomic mass is 10.1. The van der Waals surface area contributed by atoms with Gasteiger partial charge in [0.05, 0.1) is 17.6 Å². The molecule has 3 rings (SSSR count). The smallest absolute Gasteiger partial charge is 0.287 e. The first-order chi connectivity index (χ1) is 10.9. The summed E-state index contributed by atoms with van der Waals surface area (Å²) in [5.41, 5.74) is 6.01. The Morgan fingerprint density at radius 1 is 1.09 bits per heavy atom. The van der Waals surface area contributed by atoms with Crippen LogP contribution in [0.4, 0.5) is 0 Å². The van der Waals surface area contributed by atoms with Crippen molar-refractivity contribution in [3.8, 4) is 0 Å². The molecule has 0 saturated heterocycles. The van der Waals surface area contributed by atoms with Crippen molar-refractivity contribution >= 4 is 32.7 Å². The molecule has 0 atom stereocenters. The molecule has 0 unspecified atom stereocenters. The Labute approximate surface area is 144 Å². The molecular weight excluding hydrogens is 352 g/mol. The van der Waals surface area contributed by atoms with Crippen LogP contribution in [0.15, 0.2) is 52.2 Å². The summed E-state index contributed by atoms with van der Waals surface area (Å²) in [5, 5.41) is 0. The van der Waals surface area contributed by atoms with Crippen molar-refractivity contribution in [3.05, 3.63) is 74.6 Å². The van der Waals surface area contributed by atoms with Crippen molar-refractivity contribution in [2.45, 2.75) is 27.3 Å². The minimum Gasteiger partial charge on any atom is -0.287 e. The lowest BCUT2D eigenvalue weighted by Gasteiger charge is -2.06. The van der Waals surface area contributed by atoms with Gasteiger partial charge in [0.25, 0.3) is 0 Å². The number of nitrogens with zero attached hydrogens (tertiary/aromatic N) is 2. The topological polar surface area (TPSA) is 26.9 Å². The zero-order valence-electron chi connectivity index (χ0n) is 13.6. The summed E-state index contributed by atoms with van der Waals surface area (Å²) in [4.78, 5) is 12.9. The first kappa shape index (κ1) is 15.8. The maximum Gasteiger partial charge on any atom is 0.333 e. The highest BCUT2D eigenvalue weighted by atomic mass is 79.9. The monoisotopic (exact) mass is 370 g/mol. The third-order valence-electron chi connectivity index (χ3n) is 4.18. The number of rotatable bonds is 3. The number of allylic oxidation sites excluding steroid dienone is 1.